The Kier molecular flexibility index (Phi) is 6.97. The average molecular weight is 361 g/mol. The van der Waals surface area contributed by atoms with E-state index in [1.807, 2.05) is 17.5 Å². The van der Waals surface area contributed by atoms with Crippen molar-refractivity contribution >= 4 is 34.6 Å². The summed E-state index contributed by atoms with van der Waals surface area (Å²) in [4.78, 5) is 24.9. The molecule has 0 aliphatic carbocycles. The number of carbonyl (C=O) groups is 2. The normalized spacial score (nSPS) is 11.8. The van der Waals surface area contributed by atoms with E-state index >= 15 is 0 Å². The fourth-order valence-electron chi connectivity index (χ4n) is 2.31. The number of hydrogen-bond acceptors (Lipinski definition) is 4. The van der Waals surface area contributed by atoms with Crippen molar-refractivity contribution < 1.29 is 14.3 Å². The molecule has 3 amide bonds. The van der Waals surface area contributed by atoms with Crippen LogP contribution >= 0.6 is 11.3 Å². The first-order chi connectivity index (χ1) is 12.0. The van der Waals surface area contributed by atoms with Crippen LogP contribution in [0.5, 0.6) is 0 Å². The molecule has 0 aliphatic rings. The van der Waals surface area contributed by atoms with Crippen molar-refractivity contribution in [2.45, 2.75) is 19.9 Å². The summed E-state index contributed by atoms with van der Waals surface area (Å²) in [5.74, 6) is 0.0550. The summed E-state index contributed by atoms with van der Waals surface area (Å²) < 4.78 is 4.76. The molecule has 3 N–H and O–H groups in total. The standard InChI is InChI=1S/C18H23N3O3S/c1-12(2)17(15-5-4-10-25-15)21-18(23)20-14-8-6-13(7-9-14)19-16(22)11-24-3/h4-10,12,17H,11H2,1-3H3,(H,19,22)(H2,20,21,23)/t17-/m1/s1. The average Bonchev–Trinajstić information content (AvgIpc) is 3.08. The van der Waals surface area contributed by atoms with Crippen LogP contribution in [-0.4, -0.2) is 25.7 Å². The van der Waals surface area contributed by atoms with Gasteiger partial charge in [-0.2, -0.15) is 0 Å². The number of anilines is 2. The minimum absolute atomic E-state index is 0.00170. The second kappa shape index (κ2) is 9.19. The van der Waals surface area contributed by atoms with Crippen LogP contribution in [0, 0.1) is 5.92 Å². The van der Waals surface area contributed by atoms with E-state index in [1.165, 1.54) is 7.11 Å². The van der Waals surface area contributed by atoms with Crippen molar-refractivity contribution in [3.63, 3.8) is 0 Å². The molecular weight excluding hydrogens is 338 g/mol. The summed E-state index contributed by atoms with van der Waals surface area (Å²) in [6, 6.07) is 10.6. The van der Waals surface area contributed by atoms with Crippen LogP contribution in [0.1, 0.15) is 24.8 Å². The Morgan fingerprint density at radius 2 is 1.72 bits per heavy atom. The van der Waals surface area contributed by atoms with Crippen molar-refractivity contribution in [1.82, 2.24) is 5.32 Å². The lowest BCUT2D eigenvalue weighted by Crippen LogP contribution is -2.34. The molecule has 1 aromatic carbocycles. The van der Waals surface area contributed by atoms with Crippen LogP contribution in [0.2, 0.25) is 0 Å². The lowest BCUT2D eigenvalue weighted by Gasteiger charge is -2.21. The molecule has 6 nitrogen and oxygen atoms in total. The molecule has 2 rings (SSSR count). The van der Waals surface area contributed by atoms with Gasteiger partial charge in [-0.25, -0.2) is 4.79 Å². The van der Waals surface area contributed by atoms with Gasteiger partial charge in [0.05, 0.1) is 6.04 Å². The molecule has 1 atom stereocenters. The molecule has 0 saturated carbocycles. The molecular formula is C18H23N3O3S. The highest BCUT2D eigenvalue weighted by atomic mass is 32.1. The van der Waals surface area contributed by atoms with E-state index in [4.69, 9.17) is 4.74 Å². The summed E-state index contributed by atoms with van der Waals surface area (Å²) in [6.07, 6.45) is 0. The highest BCUT2D eigenvalue weighted by Crippen LogP contribution is 2.25. The van der Waals surface area contributed by atoms with Gasteiger partial charge in [-0.3, -0.25) is 4.79 Å². The second-order valence-corrected chi connectivity index (χ2v) is 6.87. The van der Waals surface area contributed by atoms with Gasteiger partial charge >= 0.3 is 6.03 Å². The third-order valence-electron chi connectivity index (χ3n) is 3.50. The third-order valence-corrected chi connectivity index (χ3v) is 4.46. The summed E-state index contributed by atoms with van der Waals surface area (Å²) in [6.45, 7) is 4.14. The molecule has 7 heteroatoms. The molecule has 0 fully saturated rings. The van der Waals surface area contributed by atoms with Crippen molar-refractivity contribution in [2.24, 2.45) is 5.92 Å². The number of benzene rings is 1. The largest absolute Gasteiger partial charge is 0.375 e. The van der Waals surface area contributed by atoms with E-state index in [-0.39, 0.29) is 30.5 Å². The summed E-state index contributed by atoms with van der Waals surface area (Å²) in [5.41, 5.74) is 1.29. The maximum Gasteiger partial charge on any atom is 0.319 e. The van der Waals surface area contributed by atoms with Gasteiger partial charge in [0.25, 0.3) is 0 Å². The van der Waals surface area contributed by atoms with E-state index in [2.05, 4.69) is 29.8 Å². The molecule has 1 heterocycles. The maximum atomic E-state index is 12.3. The zero-order valence-corrected chi connectivity index (χ0v) is 15.4. The Morgan fingerprint density at radius 1 is 1.08 bits per heavy atom. The first-order valence-corrected chi connectivity index (χ1v) is 8.87. The monoisotopic (exact) mass is 361 g/mol. The summed E-state index contributed by atoms with van der Waals surface area (Å²) >= 11 is 1.63. The van der Waals surface area contributed by atoms with Gasteiger partial charge in [0.2, 0.25) is 5.91 Å². The molecule has 0 radical (unpaired) electrons. The first-order valence-electron chi connectivity index (χ1n) is 7.99. The van der Waals surface area contributed by atoms with Crippen molar-refractivity contribution in [1.29, 1.82) is 0 Å². The van der Waals surface area contributed by atoms with Gasteiger partial charge in [0.15, 0.2) is 0 Å². The number of thiophene rings is 1. The van der Waals surface area contributed by atoms with Gasteiger partial charge in [0, 0.05) is 23.4 Å². The third kappa shape index (κ3) is 5.88. The fourth-order valence-corrected chi connectivity index (χ4v) is 3.26. The molecule has 25 heavy (non-hydrogen) atoms. The molecule has 134 valence electrons. The van der Waals surface area contributed by atoms with Crippen molar-refractivity contribution in [2.75, 3.05) is 24.4 Å². The Balaban J connectivity index is 1.92. The SMILES string of the molecule is COCC(=O)Nc1ccc(NC(=O)N[C@@H](c2cccs2)C(C)C)cc1. The van der Waals surface area contributed by atoms with Crippen LogP contribution in [0.25, 0.3) is 0 Å². The van der Waals surface area contributed by atoms with Crippen LogP contribution < -0.4 is 16.0 Å². The maximum absolute atomic E-state index is 12.3. The van der Waals surface area contributed by atoms with Gasteiger partial charge < -0.3 is 20.7 Å². The topological polar surface area (TPSA) is 79.5 Å². The molecule has 2 aromatic rings. The summed E-state index contributed by atoms with van der Waals surface area (Å²) in [7, 11) is 1.46. The predicted molar refractivity (Wildman–Crippen MR) is 101 cm³/mol. The number of rotatable bonds is 7. The van der Waals surface area contributed by atoms with E-state index in [9.17, 15) is 9.59 Å². The zero-order valence-electron chi connectivity index (χ0n) is 14.5. The highest BCUT2D eigenvalue weighted by Gasteiger charge is 2.19. The van der Waals surface area contributed by atoms with Crippen molar-refractivity contribution in [3.8, 4) is 0 Å². The molecule has 0 saturated heterocycles. The lowest BCUT2D eigenvalue weighted by molar-refractivity contribution is -0.119. The quantitative estimate of drug-likeness (QED) is 0.701. The lowest BCUT2D eigenvalue weighted by atomic mass is 10.0. The molecule has 1 aromatic heterocycles. The summed E-state index contributed by atoms with van der Waals surface area (Å²) in [5, 5.41) is 10.5. The molecule has 0 bridgehead atoms. The Morgan fingerprint density at radius 3 is 2.24 bits per heavy atom. The predicted octanol–water partition coefficient (Wildman–Crippen LogP) is 3.85. The zero-order chi connectivity index (χ0) is 18.2. The first kappa shape index (κ1) is 19.0. The Bertz CT molecular complexity index is 684. The number of amides is 3. The molecule has 0 spiro atoms. The minimum atomic E-state index is -0.261. The number of ether oxygens (including phenoxy) is 1. The van der Waals surface area contributed by atoms with Crippen LogP contribution in [0.15, 0.2) is 41.8 Å². The Hall–Kier alpha value is -2.38. The number of urea groups is 1. The van der Waals surface area contributed by atoms with Gasteiger partial charge in [-0.05, 0) is 41.6 Å². The number of carbonyl (C=O) groups excluding carboxylic acids is 2. The fraction of sp³-hybridized carbons (Fsp3) is 0.333. The van der Waals surface area contributed by atoms with E-state index in [0.717, 1.165) is 4.88 Å². The van der Waals surface area contributed by atoms with Crippen LogP contribution in [0.4, 0.5) is 16.2 Å². The highest BCUT2D eigenvalue weighted by molar-refractivity contribution is 7.10. The smallest absolute Gasteiger partial charge is 0.319 e. The second-order valence-electron chi connectivity index (χ2n) is 5.89. The van der Waals surface area contributed by atoms with E-state index < -0.39 is 0 Å². The number of methoxy groups -OCH3 is 1. The van der Waals surface area contributed by atoms with Gasteiger partial charge in [-0.15, -0.1) is 11.3 Å². The van der Waals surface area contributed by atoms with Gasteiger partial charge in [0.1, 0.15) is 6.61 Å². The molecule has 0 aliphatic heterocycles. The number of hydrogen-bond donors (Lipinski definition) is 3. The minimum Gasteiger partial charge on any atom is -0.375 e. The number of nitrogens with one attached hydrogen (secondary N) is 3. The Labute approximate surface area is 151 Å². The van der Waals surface area contributed by atoms with Gasteiger partial charge in [-0.1, -0.05) is 19.9 Å². The van der Waals surface area contributed by atoms with Crippen molar-refractivity contribution in [3.05, 3.63) is 46.7 Å². The van der Waals surface area contributed by atoms with Crippen LogP contribution in [-0.2, 0) is 9.53 Å². The van der Waals surface area contributed by atoms with Crippen LogP contribution in [0.3, 0.4) is 0 Å². The van der Waals surface area contributed by atoms with E-state index in [1.54, 1.807) is 35.6 Å². The van der Waals surface area contributed by atoms with E-state index in [0.29, 0.717) is 11.4 Å². The molecule has 0 unspecified atom stereocenters.